The quantitative estimate of drug-likeness (QED) is 0.355. The summed E-state index contributed by atoms with van der Waals surface area (Å²) in [4.78, 5) is 31.6. The molecule has 8 heteroatoms. The van der Waals surface area contributed by atoms with Crippen molar-refractivity contribution in [3.8, 4) is 11.1 Å². The van der Waals surface area contributed by atoms with Crippen molar-refractivity contribution >= 4 is 34.0 Å². The highest BCUT2D eigenvalue weighted by molar-refractivity contribution is 7.13. The first-order valence-corrected chi connectivity index (χ1v) is 12.5. The van der Waals surface area contributed by atoms with Crippen LogP contribution in [0.1, 0.15) is 45.8 Å². The maximum atomic E-state index is 13.3. The predicted molar refractivity (Wildman–Crippen MR) is 139 cm³/mol. The number of aromatic carboxylic acids is 1. The van der Waals surface area contributed by atoms with Crippen LogP contribution >= 0.6 is 11.3 Å². The Morgan fingerprint density at radius 2 is 1.71 bits per heavy atom. The van der Waals surface area contributed by atoms with Crippen molar-refractivity contribution in [2.24, 2.45) is 0 Å². The molecule has 2 aromatic carbocycles. The van der Waals surface area contributed by atoms with Gasteiger partial charge in [0.1, 0.15) is 5.69 Å². The Morgan fingerprint density at radius 3 is 2.43 bits per heavy atom. The predicted octanol–water partition coefficient (Wildman–Crippen LogP) is 5.60. The van der Waals surface area contributed by atoms with Gasteiger partial charge < -0.3 is 19.9 Å². The van der Waals surface area contributed by atoms with Crippen LogP contribution in [0.3, 0.4) is 0 Å². The molecule has 4 aromatic rings. The van der Waals surface area contributed by atoms with Gasteiger partial charge in [0.15, 0.2) is 5.13 Å². The average Bonchev–Trinajstić information content (AvgIpc) is 3.53. The van der Waals surface area contributed by atoms with E-state index < -0.39 is 5.97 Å². The van der Waals surface area contributed by atoms with Gasteiger partial charge in [0.25, 0.3) is 5.91 Å². The van der Waals surface area contributed by atoms with Gasteiger partial charge in [-0.2, -0.15) is 0 Å². The molecule has 1 aliphatic rings. The number of benzene rings is 2. The van der Waals surface area contributed by atoms with Crippen LogP contribution in [0.15, 0.2) is 72.2 Å². The van der Waals surface area contributed by atoms with Crippen LogP contribution in [-0.2, 0) is 6.54 Å². The number of amides is 1. The number of nitrogens with one attached hydrogen (secondary N) is 1. The van der Waals surface area contributed by atoms with Crippen LogP contribution < -0.4 is 10.2 Å². The number of carboxylic acids is 1. The topological polar surface area (TPSA) is 87.5 Å². The lowest BCUT2D eigenvalue weighted by Crippen LogP contribution is -2.29. The summed E-state index contributed by atoms with van der Waals surface area (Å²) in [5.41, 5.74) is 4.12. The average molecular weight is 487 g/mol. The fourth-order valence-electron chi connectivity index (χ4n) is 4.29. The summed E-state index contributed by atoms with van der Waals surface area (Å²) in [5, 5.41) is 15.1. The largest absolute Gasteiger partial charge is 0.478 e. The maximum Gasteiger partial charge on any atom is 0.335 e. The number of thiazole rings is 1. The van der Waals surface area contributed by atoms with Crippen LogP contribution in [-0.4, -0.2) is 39.6 Å². The lowest BCUT2D eigenvalue weighted by atomic mass is 10.1. The highest BCUT2D eigenvalue weighted by Crippen LogP contribution is 2.27. The number of carbonyl (C=O) groups excluding carboxylic acids is 1. The normalized spacial score (nSPS) is 13.5. The summed E-state index contributed by atoms with van der Waals surface area (Å²) in [6.07, 6.45) is 5.66. The van der Waals surface area contributed by atoms with E-state index in [2.05, 4.69) is 15.6 Å². The molecule has 0 radical (unpaired) electrons. The van der Waals surface area contributed by atoms with Crippen molar-refractivity contribution in [1.82, 2.24) is 9.55 Å². The molecule has 1 amide bonds. The number of hydrogen-bond donors (Lipinski definition) is 2. The maximum absolute atomic E-state index is 13.3. The second-order valence-corrected chi connectivity index (χ2v) is 9.45. The van der Waals surface area contributed by atoms with E-state index in [9.17, 15) is 9.59 Å². The van der Waals surface area contributed by atoms with Gasteiger partial charge in [0.2, 0.25) is 0 Å². The molecule has 1 aliphatic heterocycles. The van der Waals surface area contributed by atoms with E-state index in [1.807, 2.05) is 47.2 Å². The number of nitrogens with zero attached hydrogens (tertiary/aromatic N) is 3. The summed E-state index contributed by atoms with van der Waals surface area (Å²) in [6.45, 7) is 2.57. The number of piperidine rings is 1. The van der Waals surface area contributed by atoms with Gasteiger partial charge in [-0.05, 0) is 55.2 Å². The number of carbonyl (C=O) groups is 2. The van der Waals surface area contributed by atoms with Gasteiger partial charge in [-0.25, -0.2) is 9.78 Å². The molecular formula is C27H26N4O3S. The molecule has 7 nitrogen and oxygen atoms in total. The van der Waals surface area contributed by atoms with E-state index in [0.29, 0.717) is 17.9 Å². The molecule has 0 atom stereocenters. The lowest BCUT2D eigenvalue weighted by Gasteiger charge is -2.25. The molecule has 0 unspecified atom stereocenters. The minimum Gasteiger partial charge on any atom is -0.478 e. The third kappa shape index (κ3) is 5.27. The molecule has 178 valence electrons. The van der Waals surface area contributed by atoms with E-state index in [1.54, 1.807) is 23.5 Å². The van der Waals surface area contributed by atoms with Gasteiger partial charge >= 0.3 is 5.97 Å². The van der Waals surface area contributed by atoms with Gasteiger partial charge in [-0.15, -0.1) is 11.3 Å². The Morgan fingerprint density at radius 1 is 0.971 bits per heavy atom. The third-order valence-corrected chi connectivity index (χ3v) is 7.07. The van der Waals surface area contributed by atoms with E-state index in [0.717, 1.165) is 35.0 Å². The Labute approximate surface area is 207 Å². The summed E-state index contributed by atoms with van der Waals surface area (Å²) >= 11 is 1.65. The highest BCUT2D eigenvalue weighted by Gasteiger charge is 2.18. The molecule has 0 spiro atoms. The van der Waals surface area contributed by atoms with Crippen LogP contribution in [0.2, 0.25) is 0 Å². The minimum atomic E-state index is -1.00. The zero-order chi connectivity index (χ0) is 24.2. The number of rotatable bonds is 7. The summed E-state index contributed by atoms with van der Waals surface area (Å²) in [7, 11) is 0. The lowest BCUT2D eigenvalue weighted by molar-refractivity contribution is 0.0696. The minimum absolute atomic E-state index is 0.172. The number of anilines is 2. The highest BCUT2D eigenvalue weighted by atomic mass is 32.1. The SMILES string of the molecule is O=C(O)c1ccc(NC(=O)c2cc(-c3ccccc3)cn2Cc2csc(N3CCCCC3)n2)cc1. The molecule has 35 heavy (non-hydrogen) atoms. The summed E-state index contributed by atoms with van der Waals surface area (Å²) in [5.74, 6) is -1.27. The fraction of sp³-hybridized carbons (Fsp3) is 0.222. The molecular weight excluding hydrogens is 460 g/mol. The molecule has 1 fully saturated rings. The van der Waals surface area contributed by atoms with Crippen LogP contribution in [0.5, 0.6) is 0 Å². The van der Waals surface area contributed by atoms with Crippen molar-refractivity contribution in [3.05, 3.63) is 89.2 Å². The van der Waals surface area contributed by atoms with Gasteiger partial charge in [0.05, 0.1) is 17.8 Å². The Bertz CT molecular complexity index is 1320. The van der Waals surface area contributed by atoms with E-state index >= 15 is 0 Å². The molecule has 0 bridgehead atoms. The zero-order valence-electron chi connectivity index (χ0n) is 19.2. The Kier molecular flexibility index (Phi) is 6.63. The van der Waals surface area contributed by atoms with Crippen molar-refractivity contribution in [3.63, 3.8) is 0 Å². The first-order chi connectivity index (χ1) is 17.1. The van der Waals surface area contributed by atoms with Gasteiger partial charge in [-0.1, -0.05) is 30.3 Å². The van der Waals surface area contributed by atoms with Crippen LogP contribution in [0, 0.1) is 0 Å². The van der Waals surface area contributed by atoms with Gasteiger partial charge in [0, 0.05) is 35.9 Å². The molecule has 5 rings (SSSR count). The Balaban J connectivity index is 1.41. The van der Waals surface area contributed by atoms with Crippen LogP contribution in [0.4, 0.5) is 10.8 Å². The molecule has 1 saturated heterocycles. The van der Waals surface area contributed by atoms with Gasteiger partial charge in [-0.3, -0.25) is 4.79 Å². The van der Waals surface area contributed by atoms with Crippen molar-refractivity contribution in [1.29, 1.82) is 0 Å². The summed E-state index contributed by atoms with van der Waals surface area (Å²) < 4.78 is 1.93. The Hall–Kier alpha value is -3.91. The zero-order valence-corrected chi connectivity index (χ0v) is 20.0. The number of aromatic nitrogens is 2. The van der Waals surface area contributed by atoms with E-state index in [-0.39, 0.29) is 11.5 Å². The molecule has 3 heterocycles. The fourth-order valence-corrected chi connectivity index (χ4v) is 5.16. The first kappa shape index (κ1) is 22.9. The second kappa shape index (κ2) is 10.1. The first-order valence-electron chi connectivity index (χ1n) is 11.7. The second-order valence-electron chi connectivity index (χ2n) is 8.61. The van der Waals surface area contributed by atoms with Crippen molar-refractivity contribution in [2.45, 2.75) is 25.8 Å². The standard InChI is InChI=1S/C27H26N4O3S/c32-25(28-22-11-9-20(10-12-22)26(33)34)24-15-21(19-7-3-1-4-8-19)16-31(24)17-23-18-35-27(29-23)30-13-5-2-6-14-30/h1,3-4,7-12,15-16,18H,2,5-6,13-14,17H2,(H,28,32)(H,33,34). The third-order valence-electron chi connectivity index (χ3n) is 6.12. The van der Waals surface area contributed by atoms with Crippen LogP contribution in [0.25, 0.3) is 11.1 Å². The number of carboxylic acid groups (broad SMARTS) is 1. The van der Waals surface area contributed by atoms with E-state index in [4.69, 9.17) is 10.1 Å². The number of hydrogen-bond acceptors (Lipinski definition) is 5. The molecule has 0 aliphatic carbocycles. The smallest absolute Gasteiger partial charge is 0.335 e. The molecule has 2 aromatic heterocycles. The molecule has 0 saturated carbocycles. The van der Waals surface area contributed by atoms with Crippen molar-refractivity contribution in [2.75, 3.05) is 23.3 Å². The monoisotopic (exact) mass is 486 g/mol. The van der Waals surface area contributed by atoms with Crippen molar-refractivity contribution < 1.29 is 14.7 Å². The summed E-state index contributed by atoms with van der Waals surface area (Å²) in [6, 6.07) is 18.0. The molecule has 2 N–H and O–H groups in total. The van der Waals surface area contributed by atoms with E-state index in [1.165, 1.54) is 31.4 Å².